The maximum atomic E-state index is 12.6. The first-order valence-electron chi connectivity index (χ1n) is 8.61. The summed E-state index contributed by atoms with van der Waals surface area (Å²) in [5.74, 6) is -0.234. The van der Waals surface area contributed by atoms with Gasteiger partial charge >= 0.3 is 13.6 Å². The standard InChI is InChI=1S/C16H33O5P/c1-4-7-12-19-16(17)11-10-15-22(18,20-13-8-5-2)21-14-9-6-3/h4-15H2,1-3H3. The zero-order chi connectivity index (χ0) is 16.7. The smallest absolute Gasteiger partial charge is 0.330 e. The average molecular weight is 336 g/mol. The molecule has 0 saturated carbocycles. The summed E-state index contributed by atoms with van der Waals surface area (Å²) in [6.07, 6.45) is 6.59. The minimum Gasteiger partial charge on any atom is -0.466 e. The highest BCUT2D eigenvalue weighted by Crippen LogP contribution is 2.49. The Labute approximate surface area is 135 Å². The van der Waals surface area contributed by atoms with Crippen LogP contribution in [-0.2, 0) is 23.1 Å². The lowest BCUT2D eigenvalue weighted by Crippen LogP contribution is -2.08. The van der Waals surface area contributed by atoms with Crippen molar-refractivity contribution in [3.8, 4) is 0 Å². The summed E-state index contributed by atoms with van der Waals surface area (Å²) in [5.41, 5.74) is 0. The second kappa shape index (κ2) is 14.2. The van der Waals surface area contributed by atoms with E-state index >= 15 is 0 Å². The van der Waals surface area contributed by atoms with E-state index < -0.39 is 7.60 Å². The summed E-state index contributed by atoms with van der Waals surface area (Å²) in [7, 11) is -3.07. The van der Waals surface area contributed by atoms with Crippen molar-refractivity contribution in [3.05, 3.63) is 0 Å². The van der Waals surface area contributed by atoms with Crippen LogP contribution in [0.4, 0.5) is 0 Å². The third-order valence-corrected chi connectivity index (χ3v) is 5.16. The van der Waals surface area contributed by atoms with Gasteiger partial charge in [-0.25, -0.2) is 0 Å². The predicted molar refractivity (Wildman–Crippen MR) is 89.3 cm³/mol. The summed E-state index contributed by atoms with van der Waals surface area (Å²) < 4.78 is 28.6. The van der Waals surface area contributed by atoms with Crippen molar-refractivity contribution in [2.75, 3.05) is 26.0 Å². The fraction of sp³-hybridized carbons (Fsp3) is 0.938. The van der Waals surface area contributed by atoms with Gasteiger partial charge in [-0.3, -0.25) is 9.36 Å². The molecule has 0 aromatic rings. The molecule has 5 nitrogen and oxygen atoms in total. The molecule has 0 aromatic heterocycles. The maximum Gasteiger partial charge on any atom is 0.330 e. The maximum absolute atomic E-state index is 12.6. The third-order valence-electron chi connectivity index (χ3n) is 3.15. The number of hydrogen-bond donors (Lipinski definition) is 0. The van der Waals surface area contributed by atoms with Crippen LogP contribution in [0.25, 0.3) is 0 Å². The van der Waals surface area contributed by atoms with Crippen LogP contribution in [0.15, 0.2) is 0 Å². The van der Waals surface area contributed by atoms with Crippen LogP contribution < -0.4 is 0 Å². The minimum absolute atomic E-state index is 0.234. The van der Waals surface area contributed by atoms with E-state index in [0.29, 0.717) is 26.2 Å². The van der Waals surface area contributed by atoms with Crippen molar-refractivity contribution < 1.29 is 23.1 Å². The lowest BCUT2D eigenvalue weighted by atomic mass is 10.3. The number of rotatable bonds is 15. The minimum atomic E-state index is -3.07. The molecule has 0 unspecified atom stereocenters. The first-order valence-corrected chi connectivity index (χ1v) is 10.3. The van der Waals surface area contributed by atoms with E-state index in [1.165, 1.54) is 0 Å². The van der Waals surface area contributed by atoms with Gasteiger partial charge in [0.15, 0.2) is 0 Å². The summed E-state index contributed by atoms with van der Waals surface area (Å²) >= 11 is 0. The monoisotopic (exact) mass is 336 g/mol. The molecule has 0 heterocycles. The Hall–Kier alpha value is -0.380. The van der Waals surface area contributed by atoms with Crippen LogP contribution in [0.1, 0.15) is 72.1 Å². The molecule has 0 aliphatic rings. The van der Waals surface area contributed by atoms with Crippen LogP contribution in [0.5, 0.6) is 0 Å². The Balaban J connectivity index is 4.09. The van der Waals surface area contributed by atoms with Gasteiger partial charge < -0.3 is 13.8 Å². The van der Waals surface area contributed by atoms with Gasteiger partial charge in [0, 0.05) is 6.42 Å². The zero-order valence-electron chi connectivity index (χ0n) is 14.5. The third kappa shape index (κ3) is 12.2. The number of ether oxygens (including phenoxy) is 1. The first kappa shape index (κ1) is 21.6. The summed E-state index contributed by atoms with van der Waals surface area (Å²) in [5, 5.41) is 0. The van der Waals surface area contributed by atoms with Crippen molar-refractivity contribution in [3.63, 3.8) is 0 Å². The largest absolute Gasteiger partial charge is 0.466 e. The molecule has 0 amide bonds. The highest BCUT2D eigenvalue weighted by atomic mass is 31.2. The Morgan fingerprint density at radius 3 is 1.82 bits per heavy atom. The van der Waals surface area contributed by atoms with E-state index in [-0.39, 0.29) is 18.6 Å². The number of unbranched alkanes of at least 4 members (excludes halogenated alkanes) is 3. The van der Waals surface area contributed by atoms with Gasteiger partial charge in [-0.2, -0.15) is 0 Å². The molecule has 0 N–H and O–H groups in total. The molecule has 0 bridgehead atoms. The predicted octanol–water partition coefficient (Wildman–Crippen LogP) is 4.94. The van der Waals surface area contributed by atoms with Crippen molar-refractivity contribution in [2.45, 2.75) is 72.1 Å². The fourth-order valence-corrected chi connectivity index (χ4v) is 3.37. The van der Waals surface area contributed by atoms with E-state index in [9.17, 15) is 9.36 Å². The molecular weight excluding hydrogens is 303 g/mol. The Kier molecular flexibility index (Phi) is 14.0. The molecule has 0 saturated heterocycles. The van der Waals surface area contributed by atoms with Gasteiger partial charge in [-0.05, 0) is 25.7 Å². The lowest BCUT2D eigenvalue weighted by molar-refractivity contribution is -0.143. The van der Waals surface area contributed by atoms with Crippen molar-refractivity contribution >= 4 is 13.6 Å². The lowest BCUT2D eigenvalue weighted by Gasteiger charge is -2.18. The quantitative estimate of drug-likeness (QED) is 0.241. The number of carbonyl (C=O) groups is 1. The summed E-state index contributed by atoms with van der Waals surface area (Å²) in [6, 6.07) is 0. The molecule has 0 spiro atoms. The molecule has 0 aliphatic carbocycles. The molecule has 0 aromatic carbocycles. The second-order valence-electron chi connectivity index (χ2n) is 5.39. The van der Waals surface area contributed by atoms with Crippen molar-refractivity contribution in [2.24, 2.45) is 0 Å². The van der Waals surface area contributed by atoms with Gasteiger partial charge in [0.25, 0.3) is 0 Å². The molecule has 22 heavy (non-hydrogen) atoms. The van der Waals surface area contributed by atoms with Crippen LogP contribution in [0.3, 0.4) is 0 Å². The summed E-state index contributed by atoms with van der Waals surface area (Å²) in [4.78, 5) is 11.5. The van der Waals surface area contributed by atoms with E-state index in [1.807, 2.05) is 6.92 Å². The number of hydrogen-bond acceptors (Lipinski definition) is 5. The molecular formula is C16H33O5P. The van der Waals surface area contributed by atoms with Gasteiger partial charge in [-0.1, -0.05) is 40.0 Å². The fourth-order valence-electron chi connectivity index (χ4n) is 1.68. The van der Waals surface area contributed by atoms with Gasteiger partial charge in [0.05, 0.1) is 26.0 Å². The molecule has 0 rings (SSSR count). The highest BCUT2D eigenvalue weighted by molar-refractivity contribution is 7.53. The second-order valence-corrected chi connectivity index (χ2v) is 7.57. The van der Waals surface area contributed by atoms with Crippen LogP contribution in [0, 0.1) is 0 Å². The van der Waals surface area contributed by atoms with Crippen molar-refractivity contribution in [1.29, 1.82) is 0 Å². The Morgan fingerprint density at radius 2 is 1.32 bits per heavy atom. The SMILES string of the molecule is CCCCOC(=O)CCCP(=O)(OCCCC)OCCCC. The van der Waals surface area contributed by atoms with E-state index in [0.717, 1.165) is 38.5 Å². The van der Waals surface area contributed by atoms with Crippen LogP contribution in [-0.4, -0.2) is 32.0 Å². The molecule has 132 valence electrons. The molecule has 0 atom stereocenters. The molecule has 6 heteroatoms. The van der Waals surface area contributed by atoms with E-state index in [2.05, 4.69) is 13.8 Å². The summed E-state index contributed by atoms with van der Waals surface area (Å²) in [6.45, 7) is 7.51. The molecule has 0 radical (unpaired) electrons. The molecule has 0 fully saturated rings. The van der Waals surface area contributed by atoms with E-state index in [4.69, 9.17) is 13.8 Å². The average Bonchev–Trinajstić information content (AvgIpc) is 2.48. The number of carbonyl (C=O) groups excluding carboxylic acids is 1. The van der Waals surface area contributed by atoms with Crippen molar-refractivity contribution in [1.82, 2.24) is 0 Å². The van der Waals surface area contributed by atoms with Crippen LogP contribution >= 0.6 is 7.60 Å². The molecule has 0 aliphatic heterocycles. The van der Waals surface area contributed by atoms with Gasteiger partial charge in [0.2, 0.25) is 0 Å². The van der Waals surface area contributed by atoms with Crippen LogP contribution in [0.2, 0.25) is 0 Å². The topological polar surface area (TPSA) is 61.8 Å². The zero-order valence-corrected chi connectivity index (χ0v) is 15.4. The highest BCUT2D eigenvalue weighted by Gasteiger charge is 2.24. The Bertz CT molecular complexity index is 306. The Morgan fingerprint density at radius 1 is 0.818 bits per heavy atom. The van der Waals surface area contributed by atoms with Gasteiger partial charge in [-0.15, -0.1) is 0 Å². The number of esters is 1. The first-order chi connectivity index (χ1) is 10.6. The van der Waals surface area contributed by atoms with E-state index in [1.54, 1.807) is 0 Å². The normalized spacial score (nSPS) is 11.6. The van der Waals surface area contributed by atoms with Gasteiger partial charge in [0.1, 0.15) is 0 Å².